The van der Waals surface area contributed by atoms with Gasteiger partial charge in [-0.15, -0.1) is 0 Å². The van der Waals surface area contributed by atoms with Gasteiger partial charge in [-0.2, -0.15) is 0 Å². The predicted octanol–water partition coefficient (Wildman–Crippen LogP) is 4.35. The van der Waals surface area contributed by atoms with Crippen LogP contribution in [-0.2, 0) is 19.1 Å². The number of esters is 1. The molecule has 0 unspecified atom stereocenters. The van der Waals surface area contributed by atoms with Crippen molar-refractivity contribution < 1.29 is 29.0 Å². The molecule has 0 aliphatic rings. The zero-order valence-corrected chi connectivity index (χ0v) is 25.0. The van der Waals surface area contributed by atoms with E-state index < -0.39 is 29.2 Å². The van der Waals surface area contributed by atoms with Crippen molar-refractivity contribution >= 4 is 18.0 Å². The maximum absolute atomic E-state index is 12.8. The smallest absolute Gasteiger partial charge is 0.410 e. The van der Waals surface area contributed by atoms with E-state index in [1.165, 1.54) is 4.90 Å². The van der Waals surface area contributed by atoms with Crippen LogP contribution >= 0.6 is 0 Å². The van der Waals surface area contributed by atoms with Crippen LogP contribution in [0.4, 0.5) is 4.79 Å². The fraction of sp³-hybridized carbons (Fsp3) is 0.889. The molecule has 0 bridgehead atoms. The van der Waals surface area contributed by atoms with E-state index in [9.17, 15) is 19.5 Å². The average Bonchev–Trinajstić information content (AvgIpc) is 2.56. The van der Waals surface area contributed by atoms with Gasteiger partial charge in [0.25, 0.3) is 0 Å². The Morgan fingerprint density at radius 1 is 0.611 bits per heavy atom. The number of hydrogen-bond donors (Lipinski definition) is 1. The van der Waals surface area contributed by atoms with Crippen LogP contribution in [0.2, 0.25) is 0 Å². The first kappa shape index (κ1) is 34.1. The van der Waals surface area contributed by atoms with Crippen LogP contribution in [0.25, 0.3) is 0 Å². The van der Waals surface area contributed by atoms with Crippen molar-refractivity contribution in [1.29, 1.82) is 0 Å². The van der Waals surface area contributed by atoms with Crippen molar-refractivity contribution in [2.75, 3.05) is 52.4 Å². The van der Waals surface area contributed by atoms with E-state index in [0.29, 0.717) is 13.1 Å². The zero-order valence-electron chi connectivity index (χ0n) is 25.0. The van der Waals surface area contributed by atoms with Crippen molar-refractivity contribution in [1.82, 2.24) is 14.7 Å². The van der Waals surface area contributed by atoms with Crippen LogP contribution in [0.1, 0.15) is 83.1 Å². The molecular formula is C27H53N3O6. The first-order valence-electron chi connectivity index (χ1n) is 12.8. The van der Waals surface area contributed by atoms with E-state index in [1.807, 2.05) is 0 Å². The fourth-order valence-electron chi connectivity index (χ4n) is 3.65. The van der Waals surface area contributed by atoms with Crippen LogP contribution in [0.5, 0.6) is 0 Å². The molecule has 0 spiro atoms. The highest BCUT2D eigenvalue weighted by molar-refractivity contribution is 5.78. The highest BCUT2D eigenvalue weighted by Gasteiger charge is 2.28. The monoisotopic (exact) mass is 515 g/mol. The second kappa shape index (κ2) is 13.6. The minimum absolute atomic E-state index is 0.101. The number of ether oxygens (including phenoxy) is 2. The first-order chi connectivity index (χ1) is 16.0. The van der Waals surface area contributed by atoms with Gasteiger partial charge in [0.05, 0.1) is 6.54 Å². The molecule has 0 atom stereocenters. The molecule has 1 N–H and O–H groups in total. The third kappa shape index (κ3) is 19.3. The molecule has 0 saturated heterocycles. The van der Waals surface area contributed by atoms with Crippen molar-refractivity contribution in [3.8, 4) is 0 Å². The first-order valence-corrected chi connectivity index (χ1v) is 12.8. The summed E-state index contributed by atoms with van der Waals surface area (Å²) in [5.41, 5.74) is -1.21. The Bertz CT molecular complexity index is 695. The molecule has 36 heavy (non-hydrogen) atoms. The SMILES string of the molecule is CC(C)(C)CN(CCN(CCN(CC(=O)OC(C)(C)C)C(=O)OC(C)(C)C)CC(=O)O)CC(C)(C)C. The van der Waals surface area contributed by atoms with Gasteiger partial charge in [0.2, 0.25) is 0 Å². The summed E-state index contributed by atoms with van der Waals surface area (Å²) in [6, 6.07) is 0. The number of nitrogens with zero attached hydrogens (tertiary/aromatic N) is 3. The normalized spacial score (nSPS) is 13.2. The van der Waals surface area contributed by atoms with E-state index in [-0.39, 0.29) is 37.0 Å². The van der Waals surface area contributed by atoms with Crippen LogP contribution in [0.3, 0.4) is 0 Å². The van der Waals surface area contributed by atoms with E-state index in [4.69, 9.17) is 9.47 Å². The Morgan fingerprint density at radius 3 is 1.42 bits per heavy atom. The molecule has 0 rings (SSSR count). The van der Waals surface area contributed by atoms with Gasteiger partial charge in [-0.1, -0.05) is 41.5 Å². The summed E-state index contributed by atoms with van der Waals surface area (Å²) in [5.74, 6) is -1.48. The molecule has 0 aromatic rings. The standard InChI is InChI=1S/C27H53N3O6/c1-24(2,3)19-29(20-25(4,5)6)14-13-28(17-21(31)32)15-16-30(23(34)36-27(10,11)12)18-22(33)35-26(7,8)9/h13-20H2,1-12H3,(H,31,32). The molecule has 0 aliphatic heterocycles. The quantitative estimate of drug-likeness (QED) is 0.383. The van der Waals surface area contributed by atoms with E-state index in [0.717, 1.165) is 13.1 Å². The van der Waals surface area contributed by atoms with E-state index >= 15 is 0 Å². The lowest BCUT2D eigenvalue weighted by Crippen LogP contribution is -2.48. The van der Waals surface area contributed by atoms with Gasteiger partial charge in [0.1, 0.15) is 17.7 Å². The molecule has 0 fully saturated rings. The number of aliphatic carboxylic acids is 1. The van der Waals surface area contributed by atoms with Gasteiger partial charge in [-0.25, -0.2) is 4.79 Å². The van der Waals surface area contributed by atoms with Gasteiger partial charge < -0.3 is 19.5 Å². The number of carboxylic acids is 1. The number of rotatable bonds is 12. The van der Waals surface area contributed by atoms with Gasteiger partial charge in [-0.3, -0.25) is 19.4 Å². The minimum atomic E-state index is -0.941. The van der Waals surface area contributed by atoms with E-state index in [1.54, 1.807) is 46.4 Å². The van der Waals surface area contributed by atoms with E-state index in [2.05, 4.69) is 46.4 Å². The van der Waals surface area contributed by atoms with Gasteiger partial charge >= 0.3 is 18.0 Å². The van der Waals surface area contributed by atoms with Crippen molar-refractivity contribution in [2.45, 2.75) is 94.3 Å². The molecule has 0 saturated carbocycles. The largest absolute Gasteiger partial charge is 0.480 e. The zero-order chi connectivity index (χ0) is 28.5. The summed E-state index contributed by atoms with van der Waals surface area (Å²) in [4.78, 5) is 42.3. The molecule has 212 valence electrons. The Morgan fingerprint density at radius 2 is 1.03 bits per heavy atom. The number of hydrogen-bond acceptors (Lipinski definition) is 7. The maximum atomic E-state index is 12.8. The summed E-state index contributed by atoms with van der Waals surface area (Å²) >= 11 is 0. The maximum Gasteiger partial charge on any atom is 0.410 e. The Labute approximate surface area is 219 Å². The molecule has 0 aliphatic carbocycles. The van der Waals surface area contributed by atoms with Crippen LogP contribution in [-0.4, -0.2) is 101 Å². The lowest BCUT2D eigenvalue weighted by molar-refractivity contribution is -0.156. The van der Waals surface area contributed by atoms with Crippen molar-refractivity contribution in [3.05, 3.63) is 0 Å². The Balaban J connectivity index is 5.50. The Hall–Kier alpha value is -1.87. The van der Waals surface area contributed by atoms with Crippen molar-refractivity contribution in [2.24, 2.45) is 10.8 Å². The predicted molar refractivity (Wildman–Crippen MR) is 143 cm³/mol. The number of carbonyl (C=O) groups is 3. The summed E-state index contributed by atoms with van der Waals surface area (Å²) in [5, 5.41) is 9.49. The Kier molecular flexibility index (Phi) is 12.9. The second-order valence-corrected chi connectivity index (χ2v) is 14.0. The summed E-state index contributed by atoms with van der Waals surface area (Å²) < 4.78 is 10.9. The van der Waals surface area contributed by atoms with Crippen LogP contribution < -0.4 is 0 Å². The molecule has 0 radical (unpaired) electrons. The number of carboxylic acid groups (broad SMARTS) is 1. The molecule has 1 amide bonds. The van der Waals surface area contributed by atoms with Gasteiger partial charge in [-0.05, 0) is 52.4 Å². The highest BCUT2D eigenvalue weighted by Crippen LogP contribution is 2.21. The number of carbonyl (C=O) groups excluding carboxylic acids is 2. The van der Waals surface area contributed by atoms with Crippen molar-refractivity contribution in [3.63, 3.8) is 0 Å². The summed E-state index contributed by atoms with van der Waals surface area (Å²) in [6.07, 6.45) is -0.634. The molecule has 0 heterocycles. The summed E-state index contributed by atoms with van der Waals surface area (Å²) in [7, 11) is 0. The summed E-state index contributed by atoms with van der Waals surface area (Å²) in [6.45, 7) is 26.7. The van der Waals surface area contributed by atoms with Gasteiger partial charge in [0, 0.05) is 39.3 Å². The molecule has 9 heteroatoms. The van der Waals surface area contributed by atoms with Gasteiger partial charge in [0.15, 0.2) is 0 Å². The van der Waals surface area contributed by atoms with Crippen LogP contribution in [0.15, 0.2) is 0 Å². The minimum Gasteiger partial charge on any atom is -0.480 e. The fourth-order valence-corrected chi connectivity index (χ4v) is 3.65. The number of amides is 1. The lowest BCUT2D eigenvalue weighted by Gasteiger charge is -2.36. The highest BCUT2D eigenvalue weighted by atomic mass is 16.6. The third-order valence-corrected chi connectivity index (χ3v) is 4.57. The molecule has 0 aromatic carbocycles. The third-order valence-electron chi connectivity index (χ3n) is 4.57. The average molecular weight is 516 g/mol. The van der Waals surface area contributed by atoms with Crippen LogP contribution in [0, 0.1) is 10.8 Å². The lowest BCUT2D eigenvalue weighted by atomic mass is 9.92. The second-order valence-electron chi connectivity index (χ2n) is 14.0. The molecule has 9 nitrogen and oxygen atoms in total. The topological polar surface area (TPSA) is 99.6 Å². The molecular weight excluding hydrogens is 462 g/mol. The molecule has 0 aromatic heterocycles.